The number of rotatable bonds is 5. The highest BCUT2D eigenvalue weighted by Gasteiger charge is 2.24. The molecule has 7 nitrogen and oxygen atoms in total. The molecule has 122 valence electrons. The molecule has 0 heterocycles. The van der Waals surface area contributed by atoms with Crippen LogP contribution in [-0.2, 0) is 11.0 Å². The van der Waals surface area contributed by atoms with Crippen LogP contribution in [0.2, 0.25) is 0 Å². The summed E-state index contributed by atoms with van der Waals surface area (Å²) in [7, 11) is 0. The molecule has 0 saturated heterocycles. The van der Waals surface area contributed by atoms with E-state index in [1.54, 1.807) is 0 Å². The number of aromatic hydroxyl groups is 3. The van der Waals surface area contributed by atoms with E-state index in [0.717, 1.165) is 12.1 Å². The lowest BCUT2D eigenvalue weighted by atomic mass is 10.0. The Kier molecular flexibility index (Phi) is 5.01. The molecule has 0 fully saturated rings. The number of carbonyl (C=O) groups excluding carboxylic acids is 1. The summed E-state index contributed by atoms with van der Waals surface area (Å²) in [6, 6.07) is 7.75. The van der Waals surface area contributed by atoms with E-state index in [9.17, 15) is 24.7 Å². The van der Waals surface area contributed by atoms with E-state index < -0.39 is 24.1 Å². The van der Waals surface area contributed by atoms with Gasteiger partial charge in [-0.25, -0.2) is 4.57 Å². The van der Waals surface area contributed by atoms with Gasteiger partial charge in [0, 0.05) is 17.4 Å². The molecule has 0 radical (unpaired) electrons. The van der Waals surface area contributed by atoms with E-state index in [4.69, 9.17) is 9.79 Å². The molecule has 0 bridgehead atoms. The highest BCUT2D eigenvalue weighted by Crippen LogP contribution is 2.56. The maximum absolute atomic E-state index is 12.4. The van der Waals surface area contributed by atoms with Crippen molar-refractivity contribution in [3.05, 3.63) is 47.5 Å². The second-order valence-electron chi connectivity index (χ2n) is 4.69. The standard InChI is InChI=1S/C14H13O7PS/c15-9-3-1-8(2-4-9)5-11(17)14-12(18)6-10(16)7-13(14)23-22(19,20)21/h1-4,6-7,15-16,18H,5H2,(H2,19,20,21). The highest BCUT2D eigenvalue weighted by molar-refractivity contribution is 8.54. The van der Waals surface area contributed by atoms with Crippen molar-refractivity contribution in [3.8, 4) is 17.2 Å². The molecule has 2 rings (SSSR count). The maximum atomic E-state index is 12.4. The lowest BCUT2D eigenvalue weighted by Crippen LogP contribution is -2.05. The van der Waals surface area contributed by atoms with Crippen LogP contribution in [-0.4, -0.2) is 30.9 Å². The van der Waals surface area contributed by atoms with Crippen molar-refractivity contribution in [2.75, 3.05) is 0 Å². The molecule has 0 unspecified atom stereocenters. The zero-order chi connectivity index (χ0) is 17.2. The first-order chi connectivity index (χ1) is 10.7. The summed E-state index contributed by atoms with van der Waals surface area (Å²) in [5.74, 6) is -1.53. The van der Waals surface area contributed by atoms with Crippen molar-refractivity contribution in [1.82, 2.24) is 0 Å². The van der Waals surface area contributed by atoms with Crippen molar-refractivity contribution in [2.24, 2.45) is 0 Å². The normalized spacial score (nSPS) is 11.4. The fourth-order valence-corrected chi connectivity index (χ4v) is 3.89. The Hall–Kier alpha value is -1.99. The van der Waals surface area contributed by atoms with Gasteiger partial charge in [-0.1, -0.05) is 12.1 Å². The van der Waals surface area contributed by atoms with Crippen molar-refractivity contribution >= 4 is 24.0 Å². The summed E-state index contributed by atoms with van der Waals surface area (Å²) in [5, 5.41) is 28.5. The first-order valence-corrected chi connectivity index (χ1v) is 9.31. The molecule has 0 amide bonds. The van der Waals surface area contributed by atoms with Crippen molar-refractivity contribution in [1.29, 1.82) is 0 Å². The van der Waals surface area contributed by atoms with Crippen LogP contribution < -0.4 is 0 Å². The highest BCUT2D eigenvalue weighted by atomic mass is 32.7. The minimum atomic E-state index is -4.57. The van der Waals surface area contributed by atoms with E-state index in [0.29, 0.717) is 5.56 Å². The smallest absolute Gasteiger partial charge is 0.388 e. The van der Waals surface area contributed by atoms with Gasteiger partial charge < -0.3 is 25.1 Å². The molecular formula is C14H13O7PS. The topological polar surface area (TPSA) is 135 Å². The maximum Gasteiger partial charge on any atom is 0.388 e. The lowest BCUT2D eigenvalue weighted by molar-refractivity contribution is 0.0987. The number of benzene rings is 2. The Morgan fingerprint density at radius 2 is 1.61 bits per heavy atom. The first-order valence-electron chi connectivity index (χ1n) is 6.28. The van der Waals surface area contributed by atoms with E-state index in [1.165, 1.54) is 24.3 Å². The summed E-state index contributed by atoms with van der Waals surface area (Å²) in [4.78, 5) is 30.3. The third-order valence-electron chi connectivity index (χ3n) is 2.86. The Morgan fingerprint density at radius 3 is 2.17 bits per heavy atom. The van der Waals surface area contributed by atoms with Crippen LogP contribution in [0.4, 0.5) is 0 Å². The fourth-order valence-electron chi connectivity index (χ4n) is 1.95. The van der Waals surface area contributed by atoms with E-state index in [-0.39, 0.29) is 34.0 Å². The molecule has 0 aliphatic rings. The average molecular weight is 356 g/mol. The Morgan fingerprint density at radius 1 is 1.00 bits per heavy atom. The quantitative estimate of drug-likeness (QED) is 0.407. The monoisotopic (exact) mass is 356 g/mol. The molecule has 5 N–H and O–H groups in total. The largest absolute Gasteiger partial charge is 0.508 e. The molecular weight excluding hydrogens is 343 g/mol. The first kappa shape index (κ1) is 17.4. The van der Waals surface area contributed by atoms with Crippen LogP contribution in [0.25, 0.3) is 0 Å². The molecule has 0 aliphatic carbocycles. The summed E-state index contributed by atoms with van der Waals surface area (Å²) in [6.45, 7) is -4.57. The number of phenolic OH excluding ortho intramolecular Hbond substituents is 3. The Balaban J connectivity index is 2.38. The minimum absolute atomic E-state index is 0.0337. The number of hydrogen-bond acceptors (Lipinski definition) is 6. The zero-order valence-electron chi connectivity index (χ0n) is 11.6. The third-order valence-corrected chi connectivity index (χ3v) is 4.92. The summed E-state index contributed by atoms with van der Waals surface area (Å²) >= 11 is 0.0829. The van der Waals surface area contributed by atoms with Gasteiger partial charge in [-0.05, 0) is 35.1 Å². The SMILES string of the molecule is O=C(Cc1ccc(O)cc1)c1c(O)cc(O)cc1SP(=O)(O)O. The van der Waals surface area contributed by atoms with Gasteiger partial charge in [0.2, 0.25) is 0 Å². The molecule has 0 spiro atoms. The van der Waals surface area contributed by atoms with Crippen LogP contribution in [0.1, 0.15) is 15.9 Å². The second kappa shape index (κ2) is 6.64. The van der Waals surface area contributed by atoms with E-state index in [1.807, 2.05) is 0 Å². The van der Waals surface area contributed by atoms with Gasteiger partial charge in [0.1, 0.15) is 17.2 Å². The van der Waals surface area contributed by atoms with E-state index >= 15 is 0 Å². The number of ketones is 1. The van der Waals surface area contributed by atoms with Gasteiger partial charge in [-0.3, -0.25) is 4.79 Å². The molecule has 2 aromatic carbocycles. The van der Waals surface area contributed by atoms with Crippen LogP contribution in [0.15, 0.2) is 41.3 Å². The molecule has 0 atom stereocenters. The summed E-state index contributed by atoms with van der Waals surface area (Å²) < 4.78 is 11.1. The molecule has 2 aromatic rings. The zero-order valence-corrected chi connectivity index (χ0v) is 13.3. The average Bonchev–Trinajstić information content (AvgIpc) is 2.38. The van der Waals surface area contributed by atoms with Gasteiger partial charge in [-0.15, -0.1) is 0 Å². The molecule has 9 heteroatoms. The molecule has 23 heavy (non-hydrogen) atoms. The Bertz CT molecular complexity index is 782. The molecule has 0 aromatic heterocycles. The minimum Gasteiger partial charge on any atom is -0.508 e. The second-order valence-corrected chi connectivity index (χ2v) is 8.26. The number of phenols is 3. The molecule has 0 saturated carbocycles. The summed E-state index contributed by atoms with van der Waals surface area (Å²) in [6.07, 6.45) is -0.146. The number of carbonyl (C=O) groups is 1. The molecule has 0 aliphatic heterocycles. The lowest BCUT2D eigenvalue weighted by Gasteiger charge is -2.12. The Labute approximate surface area is 135 Å². The fraction of sp³-hybridized carbons (Fsp3) is 0.0714. The van der Waals surface area contributed by atoms with Crippen LogP contribution in [0.3, 0.4) is 0 Å². The van der Waals surface area contributed by atoms with Crippen molar-refractivity contribution < 1.29 is 34.5 Å². The van der Waals surface area contributed by atoms with Gasteiger partial charge in [0.05, 0.1) is 5.56 Å². The predicted molar refractivity (Wildman–Crippen MR) is 83.8 cm³/mol. The van der Waals surface area contributed by atoms with Crippen molar-refractivity contribution in [3.63, 3.8) is 0 Å². The predicted octanol–water partition coefficient (Wildman–Crippen LogP) is 2.41. The summed E-state index contributed by atoms with van der Waals surface area (Å²) in [5.41, 5.74) is 0.275. The number of Topliss-reactive ketones (excluding diaryl/α,β-unsaturated/α-hetero) is 1. The van der Waals surface area contributed by atoms with Gasteiger partial charge >= 0.3 is 6.80 Å². The number of hydrogen-bond donors (Lipinski definition) is 5. The van der Waals surface area contributed by atoms with Gasteiger partial charge in [0.15, 0.2) is 5.78 Å². The van der Waals surface area contributed by atoms with Gasteiger partial charge in [-0.2, -0.15) is 0 Å². The van der Waals surface area contributed by atoms with Crippen LogP contribution in [0.5, 0.6) is 17.2 Å². The van der Waals surface area contributed by atoms with Crippen LogP contribution in [0, 0.1) is 0 Å². The third kappa shape index (κ3) is 4.74. The van der Waals surface area contributed by atoms with Crippen molar-refractivity contribution in [2.45, 2.75) is 11.3 Å². The van der Waals surface area contributed by atoms with E-state index in [2.05, 4.69) is 0 Å². The van der Waals surface area contributed by atoms with Crippen LogP contribution >= 0.6 is 18.2 Å². The van der Waals surface area contributed by atoms with Gasteiger partial charge in [0.25, 0.3) is 0 Å².